The largest absolute Gasteiger partial charge is 0.502 e. The van der Waals surface area contributed by atoms with Gasteiger partial charge in [-0.2, -0.15) is 0 Å². The van der Waals surface area contributed by atoms with Crippen molar-refractivity contribution in [3.63, 3.8) is 0 Å². The maximum atomic E-state index is 13.7. The Morgan fingerprint density at radius 2 is 1.82 bits per heavy atom. The molecule has 2 aromatic carbocycles. The van der Waals surface area contributed by atoms with Crippen LogP contribution in [0.3, 0.4) is 0 Å². The summed E-state index contributed by atoms with van der Waals surface area (Å²) in [7, 11) is 4.50. The van der Waals surface area contributed by atoms with E-state index in [1.807, 2.05) is 18.2 Å². The van der Waals surface area contributed by atoms with Crippen LogP contribution in [0.1, 0.15) is 40.7 Å². The quantitative estimate of drug-likeness (QED) is 0.376. The number of carbonyl (C=O) groups excluding carboxylic acids is 1. The lowest BCUT2D eigenvalue weighted by atomic mass is 9.90. The minimum Gasteiger partial charge on any atom is -0.502 e. The summed E-state index contributed by atoms with van der Waals surface area (Å²) in [6, 6.07) is 12.7. The summed E-state index contributed by atoms with van der Waals surface area (Å²) in [6.45, 7) is 2.62. The number of nitrogens with one attached hydrogen (secondary N) is 1. The maximum absolute atomic E-state index is 13.7. The molecule has 1 amide bonds. The van der Waals surface area contributed by atoms with Crippen molar-refractivity contribution in [1.82, 2.24) is 9.88 Å². The Morgan fingerprint density at radius 3 is 2.50 bits per heavy atom. The van der Waals surface area contributed by atoms with E-state index < -0.39 is 17.1 Å². The molecule has 0 fully saturated rings. The number of hydrogen-bond donors (Lipinski definition) is 2. The zero-order valence-corrected chi connectivity index (χ0v) is 21.8. The van der Waals surface area contributed by atoms with E-state index in [-0.39, 0.29) is 18.1 Å². The van der Waals surface area contributed by atoms with Gasteiger partial charge < -0.3 is 33.6 Å². The fourth-order valence-corrected chi connectivity index (χ4v) is 5.24. The first-order chi connectivity index (χ1) is 18.3. The molecule has 0 saturated heterocycles. The summed E-state index contributed by atoms with van der Waals surface area (Å²) < 4.78 is 22.3. The van der Waals surface area contributed by atoms with Crippen molar-refractivity contribution in [2.45, 2.75) is 32.2 Å². The summed E-state index contributed by atoms with van der Waals surface area (Å²) >= 11 is 0. The second-order valence-corrected chi connectivity index (χ2v) is 9.34. The third-order valence-electron chi connectivity index (χ3n) is 7.09. The van der Waals surface area contributed by atoms with E-state index >= 15 is 0 Å². The number of aromatic nitrogens is 1. The van der Waals surface area contributed by atoms with Gasteiger partial charge in [0.2, 0.25) is 22.8 Å². The average molecular weight is 519 g/mol. The van der Waals surface area contributed by atoms with Gasteiger partial charge in [0.05, 0.1) is 33.8 Å². The van der Waals surface area contributed by atoms with Gasteiger partial charge in [0.1, 0.15) is 5.76 Å². The fourth-order valence-electron chi connectivity index (χ4n) is 5.24. The summed E-state index contributed by atoms with van der Waals surface area (Å²) in [5.74, 6) is 0.0441. The van der Waals surface area contributed by atoms with Crippen molar-refractivity contribution < 1.29 is 28.5 Å². The summed E-state index contributed by atoms with van der Waals surface area (Å²) in [5, 5.41) is 11.9. The van der Waals surface area contributed by atoms with Crippen molar-refractivity contribution in [1.29, 1.82) is 0 Å². The number of H-pyrrole nitrogens is 1. The third-order valence-corrected chi connectivity index (χ3v) is 7.09. The van der Waals surface area contributed by atoms with Crippen molar-refractivity contribution in [3.8, 4) is 23.0 Å². The Labute approximate surface area is 219 Å². The molecule has 9 heteroatoms. The molecule has 4 aromatic rings. The molecule has 0 bridgehead atoms. The second kappa shape index (κ2) is 10.2. The molecule has 1 aliphatic heterocycles. The molecular weight excluding hydrogens is 488 g/mol. The van der Waals surface area contributed by atoms with Crippen LogP contribution in [0.5, 0.6) is 23.0 Å². The van der Waals surface area contributed by atoms with Gasteiger partial charge in [-0.1, -0.05) is 18.2 Å². The predicted molar refractivity (Wildman–Crippen MR) is 141 cm³/mol. The molecule has 0 radical (unpaired) electrons. The van der Waals surface area contributed by atoms with Crippen molar-refractivity contribution >= 4 is 16.8 Å². The van der Waals surface area contributed by atoms with E-state index in [1.165, 1.54) is 38.3 Å². The van der Waals surface area contributed by atoms with E-state index in [0.29, 0.717) is 41.7 Å². The van der Waals surface area contributed by atoms with Gasteiger partial charge in [-0.25, -0.2) is 0 Å². The number of nitrogens with zero attached hydrogens (tertiary/aromatic N) is 1. The smallest absolute Gasteiger partial charge is 0.227 e. The molecule has 0 aliphatic carbocycles. The van der Waals surface area contributed by atoms with Gasteiger partial charge in [0, 0.05) is 35.6 Å². The monoisotopic (exact) mass is 518 g/mol. The van der Waals surface area contributed by atoms with Crippen LogP contribution < -0.4 is 19.6 Å². The zero-order valence-electron chi connectivity index (χ0n) is 21.8. The summed E-state index contributed by atoms with van der Waals surface area (Å²) in [4.78, 5) is 31.4. The molecule has 198 valence electrons. The van der Waals surface area contributed by atoms with Crippen LogP contribution in [0.15, 0.2) is 51.7 Å². The Morgan fingerprint density at radius 1 is 1.11 bits per heavy atom. The van der Waals surface area contributed by atoms with Crippen molar-refractivity contribution in [3.05, 3.63) is 81.0 Å². The fraction of sp³-hybridized carbons (Fsp3) is 0.310. The lowest BCUT2D eigenvalue weighted by Gasteiger charge is -2.29. The highest BCUT2D eigenvalue weighted by atomic mass is 16.5. The SMILES string of the molecule is COc1cc(C(CC(=O)N2CCc3c([nH]c4ccccc34)C2)c2oc(C)cc(=O)c2O)cc(OC)c1OC. The van der Waals surface area contributed by atoms with E-state index in [0.717, 1.165) is 17.6 Å². The average Bonchev–Trinajstić information content (AvgIpc) is 3.30. The number of hydrogen-bond acceptors (Lipinski definition) is 7. The van der Waals surface area contributed by atoms with Crippen LogP contribution in [-0.2, 0) is 17.8 Å². The number of fused-ring (bicyclic) bond motifs is 3. The molecule has 9 nitrogen and oxygen atoms in total. The van der Waals surface area contributed by atoms with Crippen LogP contribution in [0.25, 0.3) is 10.9 Å². The van der Waals surface area contributed by atoms with Gasteiger partial charge >= 0.3 is 0 Å². The number of amides is 1. The Hall–Kier alpha value is -4.40. The van der Waals surface area contributed by atoms with Crippen molar-refractivity contribution in [2.24, 2.45) is 0 Å². The zero-order chi connectivity index (χ0) is 27.0. The molecule has 2 N–H and O–H groups in total. The Balaban J connectivity index is 1.54. The first-order valence-corrected chi connectivity index (χ1v) is 12.3. The number of benzene rings is 2. The minimum atomic E-state index is -0.784. The number of carbonyl (C=O) groups is 1. The minimum absolute atomic E-state index is 0.0148. The topological polar surface area (TPSA) is 114 Å². The number of ether oxygens (including phenoxy) is 3. The van der Waals surface area contributed by atoms with Crippen LogP contribution in [0, 0.1) is 6.92 Å². The standard InChI is InChI=1S/C29H30N2O7/c1-16-11-23(32)27(34)28(38-16)20(17-12-24(35-2)29(37-4)25(13-17)36-3)14-26(33)31-10-9-19-18-7-5-6-8-21(18)30-22(19)15-31/h5-8,11-13,20,30,34H,9-10,14-15H2,1-4H3. The lowest BCUT2D eigenvalue weighted by Crippen LogP contribution is -2.36. The highest BCUT2D eigenvalue weighted by Crippen LogP contribution is 2.43. The lowest BCUT2D eigenvalue weighted by molar-refractivity contribution is -0.132. The van der Waals surface area contributed by atoms with Crippen LogP contribution in [-0.4, -0.2) is 48.8 Å². The highest BCUT2D eigenvalue weighted by Gasteiger charge is 2.31. The van der Waals surface area contributed by atoms with E-state index in [9.17, 15) is 14.7 Å². The first kappa shape index (κ1) is 25.3. The number of para-hydroxylation sites is 1. The van der Waals surface area contributed by atoms with Gasteiger partial charge in [0.25, 0.3) is 0 Å². The van der Waals surface area contributed by atoms with Gasteiger partial charge in [0.15, 0.2) is 17.3 Å². The Bertz CT molecular complexity index is 1540. The van der Waals surface area contributed by atoms with Gasteiger partial charge in [-0.05, 0) is 42.7 Å². The van der Waals surface area contributed by atoms with Crippen LogP contribution in [0.2, 0.25) is 0 Å². The van der Waals surface area contributed by atoms with E-state index in [4.69, 9.17) is 18.6 Å². The molecule has 1 unspecified atom stereocenters. The van der Waals surface area contributed by atoms with Gasteiger partial charge in [-0.3, -0.25) is 9.59 Å². The first-order valence-electron chi connectivity index (χ1n) is 12.3. The van der Waals surface area contributed by atoms with Crippen molar-refractivity contribution in [2.75, 3.05) is 27.9 Å². The van der Waals surface area contributed by atoms with E-state index in [2.05, 4.69) is 11.1 Å². The molecule has 1 atom stereocenters. The molecule has 3 heterocycles. The number of aromatic hydroxyl groups is 1. The van der Waals surface area contributed by atoms with Gasteiger partial charge in [-0.15, -0.1) is 0 Å². The third kappa shape index (κ3) is 4.44. The number of rotatable bonds is 7. The normalized spacial score (nSPS) is 13.7. The number of aryl methyl sites for hydroxylation is 1. The Kier molecular flexibility index (Phi) is 6.75. The molecule has 5 rings (SSSR count). The van der Waals surface area contributed by atoms with Crippen LogP contribution in [0.4, 0.5) is 0 Å². The van der Waals surface area contributed by atoms with E-state index in [1.54, 1.807) is 24.0 Å². The predicted octanol–water partition coefficient (Wildman–Crippen LogP) is 4.27. The maximum Gasteiger partial charge on any atom is 0.227 e. The van der Waals surface area contributed by atoms with Crippen LogP contribution >= 0.6 is 0 Å². The molecule has 0 saturated carbocycles. The number of aromatic amines is 1. The summed E-state index contributed by atoms with van der Waals surface area (Å²) in [6.07, 6.45) is 0.679. The summed E-state index contributed by atoms with van der Waals surface area (Å²) in [5.41, 5.74) is 3.29. The molecular formula is C29H30N2O7. The second-order valence-electron chi connectivity index (χ2n) is 9.34. The number of methoxy groups -OCH3 is 3. The molecule has 0 spiro atoms. The molecule has 38 heavy (non-hydrogen) atoms. The highest BCUT2D eigenvalue weighted by molar-refractivity contribution is 5.86. The molecule has 2 aromatic heterocycles. The molecule has 1 aliphatic rings.